The number of hydrogen-bond donors (Lipinski definition) is 2. The van der Waals surface area contributed by atoms with Gasteiger partial charge in [0.05, 0.1) is 5.56 Å². The number of ketones is 2. The molecule has 1 heterocycles. The number of fused-ring (bicyclic) bond motifs is 2. The molecule has 0 saturated heterocycles. The van der Waals surface area contributed by atoms with E-state index in [1.54, 1.807) is 13.8 Å². The number of rotatable bonds is 4. The lowest BCUT2D eigenvalue weighted by atomic mass is 9.92. The van der Waals surface area contributed by atoms with Crippen LogP contribution in [0.2, 0.25) is 0 Å². The van der Waals surface area contributed by atoms with Crippen molar-refractivity contribution in [3.8, 4) is 11.5 Å². The van der Waals surface area contributed by atoms with Gasteiger partial charge in [-0.1, -0.05) is 43.8 Å². The van der Waals surface area contributed by atoms with E-state index < -0.39 is 0 Å². The van der Waals surface area contributed by atoms with Crippen LogP contribution in [-0.2, 0) is 12.8 Å². The van der Waals surface area contributed by atoms with Crippen molar-refractivity contribution in [2.45, 2.75) is 49.3 Å². The van der Waals surface area contributed by atoms with Crippen LogP contribution in [0.1, 0.15) is 58.5 Å². The molecule has 0 unspecified atom stereocenters. The Morgan fingerprint density at radius 2 is 1.60 bits per heavy atom. The van der Waals surface area contributed by atoms with Gasteiger partial charge in [-0.25, -0.2) is 0 Å². The topological polar surface area (TPSA) is 74.6 Å². The maximum atomic E-state index is 12.5. The summed E-state index contributed by atoms with van der Waals surface area (Å²) in [6.45, 7) is 3.39. The van der Waals surface area contributed by atoms with Crippen molar-refractivity contribution in [3.63, 3.8) is 0 Å². The molecule has 0 aromatic heterocycles. The molecule has 0 aliphatic carbocycles. The zero-order valence-electron chi connectivity index (χ0n) is 14.3. The summed E-state index contributed by atoms with van der Waals surface area (Å²) in [6, 6.07) is 7.86. The first-order chi connectivity index (χ1) is 12.0. The number of aromatic hydroxyl groups is 2. The molecule has 25 heavy (non-hydrogen) atoms. The molecule has 0 atom stereocenters. The minimum absolute atomic E-state index is 0.121. The van der Waals surface area contributed by atoms with E-state index in [1.165, 1.54) is 11.8 Å². The van der Waals surface area contributed by atoms with Gasteiger partial charge in [0, 0.05) is 28.2 Å². The van der Waals surface area contributed by atoms with Crippen LogP contribution in [0.4, 0.5) is 0 Å². The molecule has 0 bridgehead atoms. The second kappa shape index (κ2) is 6.92. The van der Waals surface area contributed by atoms with Crippen molar-refractivity contribution >= 4 is 23.3 Å². The highest BCUT2D eigenvalue weighted by atomic mass is 32.2. The average molecular weight is 356 g/mol. The van der Waals surface area contributed by atoms with Crippen molar-refractivity contribution in [2.24, 2.45) is 0 Å². The predicted octanol–water partition coefficient (Wildman–Crippen LogP) is 4.53. The van der Waals surface area contributed by atoms with Gasteiger partial charge in [0.15, 0.2) is 11.6 Å². The molecule has 1 aliphatic heterocycles. The number of phenols is 2. The third-order valence-electron chi connectivity index (χ3n) is 4.53. The monoisotopic (exact) mass is 356 g/mol. The van der Waals surface area contributed by atoms with E-state index in [-0.39, 0.29) is 47.0 Å². The van der Waals surface area contributed by atoms with Gasteiger partial charge in [-0.05, 0) is 24.5 Å². The second-order valence-corrected chi connectivity index (χ2v) is 7.07. The fourth-order valence-electron chi connectivity index (χ4n) is 3.15. The van der Waals surface area contributed by atoms with Crippen molar-refractivity contribution in [3.05, 3.63) is 46.5 Å². The summed E-state index contributed by atoms with van der Waals surface area (Å²) in [7, 11) is 0. The van der Waals surface area contributed by atoms with Crippen LogP contribution in [0.25, 0.3) is 0 Å². The summed E-state index contributed by atoms with van der Waals surface area (Å²) in [5.74, 6) is -1.17. The number of carbonyl (C=O) groups excluding carboxylic acids is 2. The maximum absolute atomic E-state index is 12.5. The molecule has 0 fully saturated rings. The van der Waals surface area contributed by atoms with Gasteiger partial charge in [0.1, 0.15) is 17.1 Å². The first kappa shape index (κ1) is 17.5. The van der Waals surface area contributed by atoms with Crippen molar-refractivity contribution in [1.82, 2.24) is 0 Å². The van der Waals surface area contributed by atoms with E-state index in [9.17, 15) is 19.8 Å². The average Bonchev–Trinajstić information content (AvgIpc) is 2.81. The number of benzene rings is 2. The first-order valence-corrected chi connectivity index (χ1v) is 9.24. The predicted molar refractivity (Wildman–Crippen MR) is 97.0 cm³/mol. The second-order valence-electron chi connectivity index (χ2n) is 6.02. The van der Waals surface area contributed by atoms with Gasteiger partial charge in [0.25, 0.3) is 0 Å². The van der Waals surface area contributed by atoms with E-state index in [4.69, 9.17) is 0 Å². The highest BCUT2D eigenvalue weighted by Crippen LogP contribution is 2.48. The molecule has 2 N–H and O–H groups in total. The maximum Gasteiger partial charge on any atom is 0.170 e. The molecule has 130 valence electrons. The minimum atomic E-state index is -0.387. The Hall–Kier alpha value is -2.27. The van der Waals surface area contributed by atoms with Gasteiger partial charge < -0.3 is 10.2 Å². The molecule has 3 rings (SSSR count). The van der Waals surface area contributed by atoms with Gasteiger partial charge in [-0.15, -0.1) is 0 Å². The summed E-state index contributed by atoms with van der Waals surface area (Å²) in [4.78, 5) is 26.4. The summed E-state index contributed by atoms with van der Waals surface area (Å²) in [5, 5.41) is 21.3. The van der Waals surface area contributed by atoms with E-state index in [1.807, 2.05) is 24.3 Å². The molecule has 2 aromatic carbocycles. The van der Waals surface area contributed by atoms with Gasteiger partial charge in [-0.2, -0.15) is 0 Å². The molecule has 0 saturated carbocycles. The Balaban J connectivity index is 2.32. The van der Waals surface area contributed by atoms with Crippen LogP contribution in [0.3, 0.4) is 0 Å². The van der Waals surface area contributed by atoms with Crippen LogP contribution in [0.5, 0.6) is 11.5 Å². The summed E-state index contributed by atoms with van der Waals surface area (Å²) in [6.07, 6.45) is 1.58. The molecule has 0 spiro atoms. The number of aryl methyl sites for hydroxylation is 1. The van der Waals surface area contributed by atoms with Crippen molar-refractivity contribution in [2.75, 3.05) is 0 Å². The number of phenolic OH excluding ortho intramolecular Hbond substituents is 2. The molecule has 4 nitrogen and oxygen atoms in total. The Bertz CT molecular complexity index is 870. The van der Waals surface area contributed by atoms with Crippen molar-refractivity contribution < 1.29 is 19.8 Å². The van der Waals surface area contributed by atoms with Crippen LogP contribution >= 0.6 is 11.8 Å². The molecule has 0 amide bonds. The van der Waals surface area contributed by atoms with Crippen LogP contribution in [0.15, 0.2) is 34.1 Å². The highest BCUT2D eigenvalue weighted by molar-refractivity contribution is 7.99. The zero-order valence-corrected chi connectivity index (χ0v) is 15.1. The van der Waals surface area contributed by atoms with Crippen LogP contribution in [-0.4, -0.2) is 21.8 Å². The summed E-state index contributed by atoms with van der Waals surface area (Å²) in [5.41, 5.74) is 1.74. The third-order valence-corrected chi connectivity index (χ3v) is 5.80. The fraction of sp³-hybridized carbons (Fsp3) is 0.300. The zero-order chi connectivity index (χ0) is 18.1. The molecular weight excluding hydrogens is 336 g/mol. The lowest BCUT2D eigenvalue weighted by Gasteiger charge is -2.18. The van der Waals surface area contributed by atoms with Crippen LogP contribution < -0.4 is 0 Å². The number of carbonyl (C=O) groups is 2. The number of Topliss-reactive ketones (excluding diaryl/α,β-unsaturated/α-hetero) is 2. The Labute approximate surface area is 150 Å². The molecule has 0 radical (unpaired) electrons. The highest BCUT2D eigenvalue weighted by Gasteiger charge is 2.31. The van der Waals surface area contributed by atoms with Gasteiger partial charge in [0.2, 0.25) is 0 Å². The van der Waals surface area contributed by atoms with Gasteiger partial charge >= 0.3 is 0 Å². The lowest BCUT2D eigenvalue weighted by Crippen LogP contribution is -2.09. The van der Waals surface area contributed by atoms with Crippen LogP contribution in [0, 0.1) is 0 Å². The standard InChI is InChI=1S/C20H20O4S/c1-3-13(21)16-18(23)12-10-9-11-7-5-6-8-15(11)25-20(12)17(19(16)24)14(22)4-2/h5-8,23-24H,3-4,9-10H2,1-2H3. The molecule has 1 aliphatic rings. The quantitative estimate of drug-likeness (QED) is 0.787. The first-order valence-electron chi connectivity index (χ1n) is 8.42. The Kier molecular flexibility index (Phi) is 4.86. The number of hydrogen-bond acceptors (Lipinski definition) is 5. The molecular formula is C20H20O4S. The Morgan fingerprint density at radius 3 is 2.28 bits per heavy atom. The smallest absolute Gasteiger partial charge is 0.170 e. The molecule has 5 heteroatoms. The fourth-order valence-corrected chi connectivity index (χ4v) is 4.46. The van der Waals surface area contributed by atoms with E-state index >= 15 is 0 Å². The summed E-state index contributed by atoms with van der Waals surface area (Å²) < 4.78 is 0. The molecule has 2 aromatic rings. The lowest BCUT2D eigenvalue weighted by molar-refractivity contribution is 0.0979. The third kappa shape index (κ3) is 2.93. The van der Waals surface area contributed by atoms with Gasteiger partial charge in [-0.3, -0.25) is 9.59 Å². The normalized spacial score (nSPS) is 12.9. The minimum Gasteiger partial charge on any atom is -0.507 e. The van der Waals surface area contributed by atoms with E-state index in [2.05, 4.69) is 0 Å². The summed E-state index contributed by atoms with van der Waals surface area (Å²) >= 11 is 1.38. The van der Waals surface area contributed by atoms with E-state index in [0.717, 1.165) is 10.5 Å². The van der Waals surface area contributed by atoms with E-state index in [0.29, 0.717) is 23.3 Å². The SMILES string of the molecule is CCC(=O)c1c(O)c2c(c(C(=O)CC)c1O)Sc1ccccc1CC2. The largest absolute Gasteiger partial charge is 0.507 e. The Morgan fingerprint density at radius 1 is 0.960 bits per heavy atom. The van der Waals surface area contributed by atoms with Crippen molar-refractivity contribution in [1.29, 1.82) is 0 Å².